The molecule has 0 saturated heterocycles. The van der Waals surface area contributed by atoms with E-state index in [-0.39, 0.29) is 23.7 Å². The number of alkyl halides is 6. The van der Waals surface area contributed by atoms with Gasteiger partial charge in [0.2, 0.25) is 0 Å². The number of carbonyl (C=O) groups is 2. The van der Waals surface area contributed by atoms with Crippen molar-refractivity contribution in [2.24, 2.45) is 0 Å². The largest absolute Gasteiger partial charge is 0.507 e. The first-order valence-corrected chi connectivity index (χ1v) is 16.4. The van der Waals surface area contributed by atoms with Gasteiger partial charge in [-0.15, -0.1) is 0 Å². The van der Waals surface area contributed by atoms with Crippen LogP contribution in [-0.4, -0.2) is 22.8 Å². The molecular formula is C44H26F6O4. The first kappa shape index (κ1) is 35.7. The summed E-state index contributed by atoms with van der Waals surface area (Å²) in [6.45, 7) is 0. The lowest BCUT2D eigenvalue weighted by Crippen LogP contribution is -2.06. The molecule has 0 atom stereocenters. The fraction of sp³-hybridized carbons (Fsp3) is 0.0455. The molecule has 0 amide bonds. The summed E-state index contributed by atoms with van der Waals surface area (Å²) in [5.74, 6) is -0.918. The van der Waals surface area contributed by atoms with Gasteiger partial charge in [-0.05, 0) is 79.5 Å². The Hall–Kier alpha value is -6.68. The van der Waals surface area contributed by atoms with Crippen LogP contribution in [0.2, 0.25) is 0 Å². The third-order valence-electron chi connectivity index (χ3n) is 9.27. The average molecular weight is 733 g/mol. The van der Waals surface area contributed by atoms with Crippen molar-refractivity contribution in [1.29, 1.82) is 0 Å². The fourth-order valence-corrected chi connectivity index (χ4v) is 6.81. The fourth-order valence-electron chi connectivity index (χ4n) is 6.81. The second-order valence-corrected chi connectivity index (χ2v) is 12.5. The average Bonchev–Trinajstić information content (AvgIpc) is 3.16. The minimum Gasteiger partial charge on any atom is -0.507 e. The van der Waals surface area contributed by atoms with Crippen LogP contribution in [-0.2, 0) is 12.4 Å². The Balaban J connectivity index is 0.000000167. The van der Waals surface area contributed by atoms with Gasteiger partial charge in [0, 0.05) is 22.3 Å². The van der Waals surface area contributed by atoms with Crippen LogP contribution in [0.4, 0.5) is 26.3 Å². The topological polar surface area (TPSA) is 74.6 Å². The Labute approximate surface area is 303 Å². The van der Waals surface area contributed by atoms with Gasteiger partial charge in [-0.3, -0.25) is 9.59 Å². The molecule has 10 heteroatoms. The molecule has 0 unspecified atom stereocenters. The van der Waals surface area contributed by atoms with Crippen molar-refractivity contribution >= 4 is 55.7 Å². The van der Waals surface area contributed by atoms with Crippen LogP contribution in [0.25, 0.3) is 65.3 Å². The number of rotatable bonds is 4. The van der Waals surface area contributed by atoms with Crippen LogP contribution in [0.3, 0.4) is 0 Å². The lowest BCUT2D eigenvalue weighted by atomic mass is 9.89. The summed E-state index contributed by atoms with van der Waals surface area (Å²) in [7, 11) is 0. The first-order chi connectivity index (χ1) is 25.8. The van der Waals surface area contributed by atoms with Gasteiger partial charge in [-0.25, -0.2) is 0 Å². The maximum absolute atomic E-state index is 13.4. The molecular weight excluding hydrogens is 706 g/mol. The van der Waals surface area contributed by atoms with E-state index in [1.807, 2.05) is 60.7 Å². The van der Waals surface area contributed by atoms with Gasteiger partial charge >= 0.3 is 12.4 Å². The Morgan fingerprint density at radius 2 is 0.685 bits per heavy atom. The molecule has 0 aliphatic carbocycles. The van der Waals surface area contributed by atoms with Gasteiger partial charge in [0.1, 0.15) is 11.5 Å². The molecule has 0 spiro atoms. The minimum atomic E-state index is -4.64. The van der Waals surface area contributed by atoms with Crippen LogP contribution in [0.5, 0.6) is 11.5 Å². The van der Waals surface area contributed by atoms with E-state index in [1.165, 1.54) is 0 Å². The minimum absolute atomic E-state index is 0.0140. The van der Waals surface area contributed by atoms with E-state index < -0.39 is 46.1 Å². The van der Waals surface area contributed by atoms with Crippen LogP contribution in [0.15, 0.2) is 133 Å². The highest BCUT2D eigenvalue weighted by molar-refractivity contribution is 6.15. The zero-order chi connectivity index (χ0) is 38.4. The molecule has 0 saturated carbocycles. The van der Waals surface area contributed by atoms with Crippen molar-refractivity contribution in [3.63, 3.8) is 0 Å². The number of hydrogen-bond acceptors (Lipinski definition) is 4. The van der Waals surface area contributed by atoms with Gasteiger partial charge < -0.3 is 10.2 Å². The highest BCUT2D eigenvalue weighted by atomic mass is 19.4. The predicted molar refractivity (Wildman–Crippen MR) is 198 cm³/mol. The van der Waals surface area contributed by atoms with Crippen molar-refractivity contribution < 1.29 is 46.1 Å². The molecule has 0 bridgehead atoms. The molecule has 54 heavy (non-hydrogen) atoms. The molecule has 4 nitrogen and oxygen atoms in total. The van der Waals surface area contributed by atoms with Crippen molar-refractivity contribution in [1.82, 2.24) is 0 Å². The number of carbonyl (C=O) groups excluding carboxylic acids is 2. The number of halogens is 6. The molecule has 0 radical (unpaired) electrons. The van der Waals surface area contributed by atoms with E-state index in [0.29, 0.717) is 44.8 Å². The third-order valence-corrected chi connectivity index (χ3v) is 9.27. The third kappa shape index (κ3) is 6.47. The molecule has 0 aliphatic heterocycles. The number of aldehydes is 2. The maximum Gasteiger partial charge on any atom is 0.416 e. The summed E-state index contributed by atoms with van der Waals surface area (Å²) in [5, 5.41) is 27.2. The highest BCUT2D eigenvalue weighted by Crippen LogP contribution is 2.46. The zero-order valence-electron chi connectivity index (χ0n) is 27.8. The Bertz CT molecular complexity index is 2470. The number of phenolic OH excluding ortho intramolecular Hbond substituents is 2. The second-order valence-electron chi connectivity index (χ2n) is 12.5. The smallest absolute Gasteiger partial charge is 0.416 e. The second kappa shape index (κ2) is 13.7. The molecule has 2 N–H and O–H groups in total. The number of phenols is 2. The van der Waals surface area contributed by atoms with E-state index in [2.05, 4.69) is 0 Å². The molecule has 8 aromatic carbocycles. The Morgan fingerprint density at radius 1 is 0.407 bits per heavy atom. The molecule has 0 fully saturated rings. The number of benzene rings is 8. The summed E-state index contributed by atoms with van der Waals surface area (Å²) in [6.07, 6.45) is -8.80. The van der Waals surface area contributed by atoms with E-state index >= 15 is 0 Å². The monoisotopic (exact) mass is 732 g/mol. The van der Waals surface area contributed by atoms with E-state index in [0.717, 1.165) is 33.7 Å². The zero-order valence-corrected chi connectivity index (χ0v) is 27.8. The van der Waals surface area contributed by atoms with Gasteiger partial charge in [-0.1, -0.05) is 97.1 Å². The standard InChI is InChI=1S/2C22H13F3O2/c2*23-22(24,25)16-10-15(12-26)21(27)19(11-16)20-17-7-3-1-5-13(17)9-14-6-2-4-8-18(14)20/h2*1-12,27H. The van der Waals surface area contributed by atoms with Crippen LogP contribution < -0.4 is 0 Å². The molecule has 0 aliphatic rings. The van der Waals surface area contributed by atoms with Crippen LogP contribution in [0.1, 0.15) is 31.8 Å². The Morgan fingerprint density at radius 3 is 0.944 bits per heavy atom. The SMILES string of the molecule is O=Cc1cc(C(F)(F)F)cc(-c2c3ccccc3cc3ccccc23)c1O.O=Cc1cc(C(F)(F)F)cc(-c2c3ccccc3cc3ccccc23)c1O. The predicted octanol–water partition coefficient (Wildman–Crippen LogP) is 12.4. The van der Waals surface area contributed by atoms with Crippen molar-refractivity contribution in [3.8, 4) is 33.8 Å². The van der Waals surface area contributed by atoms with Crippen molar-refractivity contribution in [3.05, 3.63) is 156 Å². The maximum atomic E-state index is 13.4. The molecule has 0 heterocycles. The van der Waals surface area contributed by atoms with E-state index in [4.69, 9.17) is 0 Å². The highest BCUT2D eigenvalue weighted by Gasteiger charge is 2.34. The first-order valence-electron chi connectivity index (χ1n) is 16.4. The molecule has 8 rings (SSSR count). The van der Waals surface area contributed by atoms with Crippen molar-refractivity contribution in [2.45, 2.75) is 12.4 Å². The lowest BCUT2D eigenvalue weighted by molar-refractivity contribution is -0.138. The molecule has 268 valence electrons. The molecule has 0 aromatic heterocycles. The summed E-state index contributed by atoms with van der Waals surface area (Å²) >= 11 is 0. The van der Waals surface area contributed by atoms with Gasteiger partial charge in [-0.2, -0.15) is 26.3 Å². The number of fused-ring (bicyclic) bond motifs is 4. The number of aromatic hydroxyl groups is 2. The normalized spacial score (nSPS) is 11.8. The van der Waals surface area contributed by atoms with Gasteiger partial charge in [0.15, 0.2) is 12.6 Å². The van der Waals surface area contributed by atoms with E-state index in [1.54, 1.807) is 48.5 Å². The quantitative estimate of drug-likeness (QED) is 0.107. The van der Waals surface area contributed by atoms with Crippen LogP contribution >= 0.6 is 0 Å². The summed E-state index contributed by atoms with van der Waals surface area (Å²) in [4.78, 5) is 22.6. The summed E-state index contributed by atoms with van der Waals surface area (Å²) < 4.78 is 80.2. The lowest BCUT2D eigenvalue weighted by Gasteiger charge is -2.16. The van der Waals surface area contributed by atoms with E-state index in [9.17, 15) is 46.1 Å². The van der Waals surface area contributed by atoms with Crippen molar-refractivity contribution in [2.75, 3.05) is 0 Å². The van der Waals surface area contributed by atoms with Crippen LogP contribution in [0, 0.1) is 0 Å². The van der Waals surface area contributed by atoms with Gasteiger partial charge in [0.25, 0.3) is 0 Å². The van der Waals surface area contributed by atoms with Gasteiger partial charge in [0.05, 0.1) is 22.3 Å². The summed E-state index contributed by atoms with van der Waals surface area (Å²) in [6, 6.07) is 36.1. The molecule has 8 aromatic rings. The number of hydrogen-bond donors (Lipinski definition) is 2. The summed E-state index contributed by atoms with van der Waals surface area (Å²) in [5.41, 5.74) is -1.83. The Kier molecular flexibility index (Phi) is 9.06.